The third-order valence-electron chi connectivity index (χ3n) is 2.25. The molecule has 0 saturated heterocycles. The van der Waals surface area contributed by atoms with Gasteiger partial charge >= 0.3 is 0 Å². The molecular formula is C11H16BrFN2O2S. The Labute approximate surface area is 115 Å². The number of hydrogen-bond acceptors (Lipinski definition) is 3. The number of nitrogens with zero attached hydrogens (tertiary/aromatic N) is 1. The summed E-state index contributed by atoms with van der Waals surface area (Å²) in [6.45, 7) is 4.02. The van der Waals surface area contributed by atoms with Gasteiger partial charge in [-0.2, -0.15) is 0 Å². The molecule has 0 aliphatic heterocycles. The molecule has 0 radical (unpaired) electrons. The van der Waals surface area contributed by atoms with E-state index in [4.69, 9.17) is 0 Å². The predicted octanol–water partition coefficient (Wildman–Crippen LogP) is 2.31. The molecule has 0 amide bonds. The van der Waals surface area contributed by atoms with Gasteiger partial charge < -0.3 is 0 Å². The Balaban J connectivity index is 2.87. The maximum atomic E-state index is 13.0. The van der Waals surface area contributed by atoms with Crippen molar-refractivity contribution < 1.29 is 12.8 Å². The van der Waals surface area contributed by atoms with Crippen LogP contribution in [0.1, 0.15) is 20.3 Å². The van der Waals surface area contributed by atoms with Gasteiger partial charge in [-0.1, -0.05) is 29.8 Å². The smallest absolute Gasteiger partial charge is 0.242 e. The first-order valence-electron chi connectivity index (χ1n) is 5.54. The van der Waals surface area contributed by atoms with Crippen molar-refractivity contribution in [3.8, 4) is 0 Å². The Hall–Kier alpha value is -0.530. The maximum Gasteiger partial charge on any atom is 0.242 e. The molecule has 1 unspecified atom stereocenters. The molecular weight excluding hydrogens is 323 g/mol. The molecule has 1 aromatic rings. The molecule has 0 bridgehead atoms. The van der Waals surface area contributed by atoms with Gasteiger partial charge in [-0.25, -0.2) is 17.5 Å². The standard InChI is InChI=1S/C11H16BrFN2O2S/c1-8(2)3-10(5-12)15-18(16,17)11-4-9(13)6-14-7-11/h4,6-8,10,15H,3,5H2,1-2H3. The lowest BCUT2D eigenvalue weighted by Gasteiger charge is -2.18. The van der Waals surface area contributed by atoms with Gasteiger partial charge in [-0.3, -0.25) is 4.98 Å². The average Bonchev–Trinajstić information content (AvgIpc) is 2.27. The molecule has 0 spiro atoms. The zero-order valence-corrected chi connectivity index (χ0v) is 12.6. The SMILES string of the molecule is CC(C)CC(CBr)NS(=O)(=O)c1cncc(F)c1. The Morgan fingerprint density at radius 2 is 2.11 bits per heavy atom. The minimum Gasteiger partial charge on any atom is -0.260 e. The van der Waals surface area contributed by atoms with Gasteiger partial charge in [0.05, 0.1) is 6.20 Å². The first-order chi connectivity index (χ1) is 8.35. The van der Waals surface area contributed by atoms with E-state index < -0.39 is 15.8 Å². The Bertz CT molecular complexity index is 494. The van der Waals surface area contributed by atoms with E-state index in [1.807, 2.05) is 13.8 Å². The number of halogens is 2. The van der Waals surface area contributed by atoms with E-state index in [0.717, 1.165) is 18.5 Å². The lowest BCUT2D eigenvalue weighted by atomic mass is 10.1. The zero-order chi connectivity index (χ0) is 13.8. The minimum absolute atomic E-state index is 0.155. The van der Waals surface area contributed by atoms with Crippen LogP contribution in [0, 0.1) is 11.7 Å². The van der Waals surface area contributed by atoms with Gasteiger partial charge in [-0.15, -0.1) is 0 Å². The number of sulfonamides is 1. The van der Waals surface area contributed by atoms with Gasteiger partial charge in [0, 0.05) is 17.6 Å². The number of pyridine rings is 1. The minimum atomic E-state index is -3.72. The number of hydrogen-bond donors (Lipinski definition) is 1. The van der Waals surface area contributed by atoms with Crippen molar-refractivity contribution in [2.45, 2.75) is 31.2 Å². The average molecular weight is 339 g/mol. The molecule has 7 heteroatoms. The largest absolute Gasteiger partial charge is 0.260 e. The molecule has 0 aliphatic carbocycles. The van der Waals surface area contributed by atoms with Crippen molar-refractivity contribution in [1.29, 1.82) is 0 Å². The highest BCUT2D eigenvalue weighted by Gasteiger charge is 2.20. The van der Waals surface area contributed by atoms with Crippen LogP contribution in [-0.2, 0) is 10.0 Å². The summed E-state index contributed by atoms with van der Waals surface area (Å²) in [6, 6.07) is 0.731. The van der Waals surface area contributed by atoms with Crippen LogP contribution < -0.4 is 4.72 Å². The number of aromatic nitrogens is 1. The summed E-state index contributed by atoms with van der Waals surface area (Å²) in [5, 5.41) is 0.507. The first kappa shape index (κ1) is 15.5. The molecule has 4 nitrogen and oxygen atoms in total. The second-order valence-corrected chi connectivity index (χ2v) is 6.80. The molecule has 0 aromatic carbocycles. The summed E-state index contributed by atoms with van der Waals surface area (Å²) < 4.78 is 39.5. The van der Waals surface area contributed by atoms with Crippen LogP contribution in [-0.4, -0.2) is 24.8 Å². The van der Waals surface area contributed by atoms with Gasteiger partial charge in [0.25, 0.3) is 0 Å². The van der Waals surface area contributed by atoms with E-state index in [0.29, 0.717) is 17.7 Å². The van der Waals surface area contributed by atoms with Crippen molar-refractivity contribution in [1.82, 2.24) is 9.71 Å². The van der Waals surface area contributed by atoms with Crippen LogP contribution >= 0.6 is 15.9 Å². The molecule has 0 aliphatic rings. The fourth-order valence-corrected chi connectivity index (χ4v) is 3.40. The second kappa shape index (κ2) is 6.58. The fraction of sp³-hybridized carbons (Fsp3) is 0.545. The predicted molar refractivity (Wildman–Crippen MR) is 71.6 cm³/mol. The van der Waals surface area contributed by atoms with E-state index in [-0.39, 0.29) is 10.9 Å². The highest BCUT2D eigenvalue weighted by atomic mass is 79.9. The summed E-state index contributed by atoms with van der Waals surface area (Å²) in [5.41, 5.74) is 0. The fourth-order valence-electron chi connectivity index (χ4n) is 1.54. The summed E-state index contributed by atoms with van der Waals surface area (Å²) in [5.74, 6) is -0.307. The monoisotopic (exact) mass is 338 g/mol. The molecule has 1 N–H and O–H groups in total. The molecule has 0 fully saturated rings. The van der Waals surface area contributed by atoms with Crippen LogP contribution in [0.4, 0.5) is 4.39 Å². The highest BCUT2D eigenvalue weighted by molar-refractivity contribution is 9.09. The topological polar surface area (TPSA) is 59.1 Å². The maximum absolute atomic E-state index is 13.0. The molecule has 1 atom stereocenters. The summed E-state index contributed by atoms with van der Waals surface area (Å²) in [7, 11) is -3.72. The Morgan fingerprint density at radius 3 is 2.61 bits per heavy atom. The lowest BCUT2D eigenvalue weighted by molar-refractivity contribution is 0.487. The molecule has 1 rings (SSSR count). The van der Waals surface area contributed by atoms with Crippen molar-refractivity contribution in [2.75, 3.05) is 5.33 Å². The van der Waals surface area contributed by atoms with Crippen molar-refractivity contribution >= 4 is 26.0 Å². The van der Waals surface area contributed by atoms with E-state index in [2.05, 4.69) is 25.6 Å². The number of alkyl halides is 1. The van der Waals surface area contributed by atoms with Gasteiger partial charge in [0.1, 0.15) is 10.7 Å². The second-order valence-electron chi connectivity index (χ2n) is 4.44. The van der Waals surface area contributed by atoms with E-state index >= 15 is 0 Å². The Kier molecular flexibility index (Phi) is 5.68. The normalized spacial score (nSPS) is 13.8. The van der Waals surface area contributed by atoms with Crippen LogP contribution in [0.3, 0.4) is 0 Å². The van der Waals surface area contributed by atoms with Crippen molar-refractivity contribution in [3.05, 3.63) is 24.3 Å². The number of nitrogens with one attached hydrogen (secondary N) is 1. The van der Waals surface area contributed by atoms with E-state index in [1.54, 1.807) is 0 Å². The van der Waals surface area contributed by atoms with Crippen LogP contribution in [0.2, 0.25) is 0 Å². The number of rotatable bonds is 6. The lowest BCUT2D eigenvalue weighted by Crippen LogP contribution is -2.37. The Morgan fingerprint density at radius 1 is 1.44 bits per heavy atom. The van der Waals surface area contributed by atoms with E-state index in [9.17, 15) is 12.8 Å². The van der Waals surface area contributed by atoms with Crippen LogP contribution in [0.5, 0.6) is 0 Å². The molecule has 102 valence electrons. The third-order valence-corrected chi connectivity index (χ3v) is 4.52. The quantitative estimate of drug-likeness (QED) is 0.809. The third kappa shape index (κ3) is 4.62. The van der Waals surface area contributed by atoms with Gasteiger partial charge in [0.15, 0.2) is 0 Å². The van der Waals surface area contributed by atoms with Gasteiger partial charge in [-0.05, 0) is 18.4 Å². The van der Waals surface area contributed by atoms with Crippen molar-refractivity contribution in [3.63, 3.8) is 0 Å². The summed E-state index contributed by atoms with van der Waals surface area (Å²) >= 11 is 3.27. The molecule has 1 heterocycles. The first-order valence-corrected chi connectivity index (χ1v) is 8.14. The van der Waals surface area contributed by atoms with Crippen LogP contribution in [0.25, 0.3) is 0 Å². The highest BCUT2D eigenvalue weighted by Crippen LogP contribution is 2.13. The van der Waals surface area contributed by atoms with E-state index in [1.165, 1.54) is 0 Å². The van der Waals surface area contributed by atoms with Crippen LogP contribution in [0.15, 0.2) is 23.4 Å². The summed E-state index contributed by atoms with van der Waals surface area (Å²) in [6.07, 6.45) is 2.80. The molecule has 0 saturated carbocycles. The van der Waals surface area contributed by atoms with Crippen molar-refractivity contribution in [2.24, 2.45) is 5.92 Å². The summed E-state index contributed by atoms with van der Waals surface area (Å²) in [4.78, 5) is 3.38. The zero-order valence-electron chi connectivity index (χ0n) is 10.2. The van der Waals surface area contributed by atoms with Gasteiger partial charge in [0.2, 0.25) is 10.0 Å². The molecule has 1 aromatic heterocycles. The molecule has 18 heavy (non-hydrogen) atoms.